The summed E-state index contributed by atoms with van der Waals surface area (Å²) in [6, 6.07) is 7.25. The zero-order valence-electron chi connectivity index (χ0n) is 15.6. The van der Waals surface area contributed by atoms with Crippen LogP contribution in [0.2, 0.25) is 0 Å². The van der Waals surface area contributed by atoms with Gasteiger partial charge in [0.15, 0.2) is 5.69 Å². The number of hydrogen-bond donors (Lipinski definition) is 1. The second-order valence-electron chi connectivity index (χ2n) is 5.98. The van der Waals surface area contributed by atoms with Gasteiger partial charge in [0, 0.05) is 12.6 Å². The quantitative estimate of drug-likeness (QED) is 0.395. The predicted molar refractivity (Wildman–Crippen MR) is 98.1 cm³/mol. The highest BCUT2D eigenvalue weighted by atomic mass is 19.4. The van der Waals surface area contributed by atoms with Gasteiger partial charge in [0.1, 0.15) is 5.75 Å². The maximum Gasteiger partial charge on any atom is 0.433 e. The van der Waals surface area contributed by atoms with Gasteiger partial charge in [-0.1, -0.05) is 12.1 Å². The molecule has 29 heavy (non-hydrogen) atoms. The fraction of sp³-hybridized carbons (Fsp3) is 0.222. The average molecular weight is 408 g/mol. The first-order valence-corrected chi connectivity index (χ1v) is 8.28. The molecule has 0 fully saturated rings. The van der Waals surface area contributed by atoms with Gasteiger partial charge in [-0.05, 0) is 25.1 Å². The van der Waals surface area contributed by atoms with Crippen LogP contribution in [0, 0.1) is 12.9 Å². The molecule has 11 heteroatoms. The Balaban J connectivity index is 1.96. The molecule has 2 aromatic heterocycles. The molecule has 1 aromatic carbocycles. The first-order chi connectivity index (χ1) is 13.7. The van der Waals surface area contributed by atoms with Crippen LogP contribution in [0.4, 0.5) is 23.5 Å². The van der Waals surface area contributed by atoms with E-state index in [2.05, 4.69) is 25.6 Å². The van der Waals surface area contributed by atoms with Crippen LogP contribution < -0.4 is 10.2 Å². The number of nitrogens with one attached hydrogen (secondary N) is 1. The molecule has 0 aliphatic rings. The molecule has 7 nitrogen and oxygen atoms in total. The molecule has 0 bridgehead atoms. The lowest BCUT2D eigenvalue weighted by atomic mass is 10.1. The molecule has 3 rings (SSSR count). The van der Waals surface area contributed by atoms with Gasteiger partial charge in [0.05, 0.1) is 30.3 Å². The van der Waals surface area contributed by atoms with Gasteiger partial charge in [0.25, 0.3) is 0 Å². The first-order valence-electron chi connectivity index (χ1n) is 8.28. The minimum absolute atomic E-state index is 0.0210. The van der Waals surface area contributed by atoms with E-state index < -0.39 is 23.8 Å². The molecule has 0 spiro atoms. The van der Waals surface area contributed by atoms with E-state index in [1.165, 1.54) is 14.2 Å². The lowest BCUT2D eigenvalue weighted by Gasteiger charge is -2.11. The number of halogens is 4. The van der Waals surface area contributed by atoms with Crippen molar-refractivity contribution in [2.24, 2.45) is 12.1 Å². The molecule has 0 radical (unpaired) electrons. The molecule has 2 heterocycles. The van der Waals surface area contributed by atoms with Crippen LogP contribution in [-0.4, -0.2) is 33.1 Å². The minimum Gasteiger partial charge on any atom is -0.497 e. The Bertz CT molecular complexity index is 1060. The van der Waals surface area contributed by atoms with Gasteiger partial charge in [-0.3, -0.25) is 0 Å². The van der Waals surface area contributed by atoms with Crippen molar-refractivity contribution in [3.05, 3.63) is 53.2 Å². The smallest absolute Gasteiger partial charge is 0.433 e. The van der Waals surface area contributed by atoms with Crippen molar-refractivity contribution in [3.8, 4) is 17.0 Å². The summed E-state index contributed by atoms with van der Waals surface area (Å²) in [6.07, 6.45) is -3.59. The summed E-state index contributed by atoms with van der Waals surface area (Å²) in [5, 5.41) is 7.64. The van der Waals surface area contributed by atoms with Crippen molar-refractivity contribution < 1.29 is 22.3 Å². The van der Waals surface area contributed by atoms with Crippen molar-refractivity contribution in [1.82, 2.24) is 19.7 Å². The number of benzene rings is 1. The lowest BCUT2D eigenvalue weighted by Crippen LogP contribution is -2.11. The summed E-state index contributed by atoms with van der Waals surface area (Å²) in [5.41, 5.74) is 2.07. The van der Waals surface area contributed by atoms with E-state index in [0.29, 0.717) is 17.0 Å². The first kappa shape index (κ1) is 20.2. The number of nitrogens with zero attached hydrogens (tertiary/aromatic N) is 5. The van der Waals surface area contributed by atoms with E-state index in [1.54, 1.807) is 31.2 Å². The van der Waals surface area contributed by atoms with Crippen molar-refractivity contribution in [1.29, 1.82) is 0 Å². The van der Waals surface area contributed by atoms with Crippen LogP contribution in [-0.2, 0) is 13.2 Å². The Kier molecular flexibility index (Phi) is 5.48. The molecule has 0 saturated carbocycles. The van der Waals surface area contributed by atoms with Crippen molar-refractivity contribution in [2.75, 3.05) is 12.5 Å². The van der Waals surface area contributed by atoms with Gasteiger partial charge in [-0.2, -0.15) is 27.8 Å². The summed E-state index contributed by atoms with van der Waals surface area (Å²) in [5.74, 6) is -0.560. The third-order valence-electron chi connectivity index (χ3n) is 3.94. The standard InChI is InChI=1S/C18H16F4N6O/c1-10-13(16(19)28(2)27-10)9-23-26-17-24-14(8-15(25-17)18(20,21)22)11-5-4-6-12(7-11)29-3/h4-9H,1-3H3,(H,24,25,26)/b23-9-. The topological polar surface area (TPSA) is 77.2 Å². The Morgan fingerprint density at radius 1 is 1.21 bits per heavy atom. The number of aromatic nitrogens is 4. The predicted octanol–water partition coefficient (Wildman–Crippen LogP) is 3.80. The molecule has 0 unspecified atom stereocenters. The molecule has 0 aliphatic carbocycles. The highest BCUT2D eigenvalue weighted by Crippen LogP contribution is 2.32. The molecule has 1 N–H and O–H groups in total. The van der Waals surface area contributed by atoms with Gasteiger partial charge in [-0.15, -0.1) is 0 Å². The third-order valence-corrected chi connectivity index (χ3v) is 3.94. The Morgan fingerprint density at radius 3 is 2.59 bits per heavy atom. The highest BCUT2D eigenvalue weighted by Gasteiger charge is 2.34. The number of hydrazone groups is 1. The lowest BCUT2D eigenvalue weighted by molar-refractivity contribution is -0.141. The van der Waals surface area contributed by atoms with E-state index in [9.17, 15) is 17.6 Å². The fourth-order valence-electron chi connectivity index (χ4n) is 2.52. The van der Waals surface area contributed by atoms with Gasteiger partial charge >= 0.3 is 6.18 Å². The zero-order valence-corrected chi connectivity index (χ0v) is 15.6. The van der Waals surface area contributed by atoms with E-state index in [-0.39, 0.29) is 11.3 Å². The molecule has 3 aromatic rings. The van der Waals surface area contributed by atoms with Gasteiger partial charge in [0.2, 0.25) is 11.9 Å². The Hall–Kier alpha value is -3.50. The van der Waals surface area contributed by atoms with Crippen molar-refractivity contribution in [3.63, 3.8) is 0 Å². The van der Waals surface area contributed by atoms with Crippen LogP contribution in [0.5, 0.6) is 5.75 Å². The normalized spacial score (nSPS) is 11.8. The summed E-state index contributed by atoms with van der Waals surface area (Å²) in [4.78, 5) is 7.51. The zero-order chi connectivity index (χ0) is 21.2. The number of aryl methyl sites for hydroxylation is 2. The van der Waals surface area contributed by atoms with Crippen LogP contribution in [0.1, 0.15) is 17.0 Å². The van der Waals surface area contributed by atoms with Crippen LogP contribution >= 0.6 is 0 Å². The van der Waals surface area contributed by atoms with Gasteiger partial charge < -0.3 is 4.74 Å². The van der Waals surface area contributed by atoms with E-state index in [0.717, 1.165) is 17.0 Å². The van der Waals surface area contributed by atoms with Crippen molar-refractivity contribution in [2.45, 2.75) is 13.1 Å². The molecule has 0 saturated heterocycles. The molecular weight excluding hydrogens is 392 g/mol. The average Bonchev–Trinajstić information content (AvgIpc) is 2.93. The number of anilines is 1. The Morgan fingerprint density at radius 2 is 1.97 bits per heavy atom. The SMILES string of the molecule is COc1cccc(-c2cc(C(F)(F)F)nc(N/N=C\c3c(C)nn(C)c3F)n2)c1. The number of ether oxygens (including phenoxy) is 1. The van der Waals surface area contributed by atoms with E-state index >= 15 is 0 Å². The number of alkyl halides is 3. The molecular formula is C18H16F4N6O. The number of rotatable bonds is 5. The van der Waals surface area contributed by atoms with Gasteiger partial charge in [-0.25, -0.2) is 20.1 Å². The summed E-state index contributed by atoms with van der Waals surface area (Å²) < 4.78 is 59.8. The maximum atomic E-state index is 13.9. The highest BCUT2D eigenvalue weighted by molar-refractivity contribution is 5.81. The molecule has 0 amide bonds. The summed E-state index contributed by atoms with van der Waals surface area (Å²) >= 11 is 0. The summed E-state index contributed by atoms with van der Waals surface area (Å²) in [6.45, 7) is 1.58. The minimum atomic E-state index is -4.69. The number of hydrogen-bond acceptors (Lipinski definition) is 6. The fourth-order valence-corrected chi connectivity index (χ4v) is 2.52. The summed E-state index contributed by atoms with van der Waals surface area (Å²) in [7, 11) is 2.87. The Labute approximate surface area is 163 Å². The second kappa shape index (κ2) is 7.86. The van der Waals surface area contributed by atoms with Crippen LogP contribution in [0.3, 0.4) is 0 Å². The molecule has 152 valence electrons. The maximum absolute atomic E-state index is 13.9. The molecule has 0 aliphatic heterocycles. The van der Waals surface area contributed by atoms with E-state index in [1.807, 2.05) is 0 Å². The number of methoxy groups -OCH3 is 1. The third kappa shape index (κ3) is 4.50. The monoisotopic (exact) mass is 408 g/mol. The van der Waals surface area contributed by atoms with Crippen LogP contribution in [0.15, 0.2) is 35.4 Å². The van der Waals surface area contributed by atoms with Crippen molar-refractivity contribution >= 4 is 12.2 Å². The van der Waals surface area contributed by atoms with Crippen LogP contribution in [0.25, 0.3) is 11.3 Å². The van der Waals surface area contributed by atoms with E-state index in [4.69, 9.17) is 4.74 Å². The second-order valence-corrected chi connectivity index (χ2v) is 5.98. The molecule has 0 atom stereocenters. The largest absolute Gasteiger partial charge is 0.497 e.